The van der Waals surface area contributed by atoms with Crippen molar-refractivity contribution in [2.24, 2.45) is 0 Å². The molecule has 5 heteroatoms. The average Bonchev–Trinajstić information content (AvgIpc) is 2.66. The van der Waals surface area contributed by atoms with Gasteiger partial charge >= 0.3 is 0 Å². The van der Waals surface area contributed by atoms with Crippen LogP contribution in [-0.2, 0) is 4.74 Å². The maximum Gasteiger partial charge on any atom is 0.166 e. The minimum absolute atomic E-state index is 0.757. The Morgan fingerprint density at radius 2 is 2.38 bits per heavy atom. The molecule has 0 saturated heterocycles. The van der Waals surface area contributed by atoms with Crippen LogP contribution in [0.5, 0.6) is 0 Å². The van der Waals surface area contributed by atoms with Crippen molar-refractivity contribution >= 4 is 28.5 Å². The van der Waals surface area contributed by atoms with E-state index in [4.69, 9.17) is 10.5 Å². The summed E-state index contributed by atoms with van der Waals surface area (Å²) in [4.78, 5) is 7.71. The monoisotopic (exact) mass is 237 g/mol. The Balaban J connectivity index is 2.02. The van der Waals surface area contributed by atoms with Gasteiger partial charge in [0.15, 0.2) is 5.16 Å². The number of anilines is 1. The van der Waals surface area contributed by atoms with Gasteiger partial charge in [0.05, 0.1) is 11.0 Å². The van der Waals surface area contributed by atoms with Crippen molar-refractivity contribution < 1.29 is 4.74 Å². The molecule has 2 rings (SSSR count). The fourth-order valence-electron chi connectivity index (χ4n) is 1.44. The number of aromatic nitrogens is 2. The normalized spacial score (nSPS) is 11.1. The zero-order valence-corrected chi connectivity index (χ0v) is 10.0. The molecule has 86 valence electrons. The largest absolute Gasteiger partial charge is 0.399 e. The maximum atomic E-state index is 5.70. The molecule has 0 spiro atoms. The second-order valence-corrected chi connectivity index (χ2v) is 4.60. The van der Waals surface area contributed by atoms with Gasteiger partial charge in [0.25, 0.3) is 0 Å². The number of thioether (sulfide) groups is 1. The Morgan fingerprint density at radius 1 is 1.50 bits per heavy atom. The van der Waals surface area contributed by atoms with Gasteiger partial charge in [0, 0.05) is 25.2 Å². The first-order valence-electron chi connectivity index (χ1n) is 5.16. The molecule has 1 aromatic carbocycles. The first kappa shape index (κ1) is 11.3. The third kappa shape index (κ3) is 2.68. The topological polar surface area (TPSA) is 63.9 Å². The van der Waals surface area contributed by atoms with E-state index in [1.807, 2.05) is 18.2 Å². The molecule has 0 bridgehead atoms. The minimum Gasteiger partial charge on any atom is -0.399 e. The first-order chi connectivity index (χ1) is 7.79. The molecule has 1 heterocycles. The fourth-order valence-corrected chi connectivity index (χ4v) is 2.24. The molecular weight excluding hydrogens is 222 g/mol. The van der Waals surface area contributed by atoms with Crippen molar-refractivity contribution in [2.45, 2.75) is 11.6 Å². The highest BCUT2D eigenvalue weighted by atomic mass is 32.2. The van der Waals surface area contributed by atoms with Gasteiger partial charge < -0.3 is 15.5 Å². The van der Waals surface area contributed by atoms with E-state index >= 15 is 0 Å². The average molecular weight is 237 g/mol. The second kappa shape index (κ2) is 5.23. The highest BCUT2D eigenvalue weighted by Crippen LogP contribution is 2.21. The molecule has 0 amide bonds. The van der Waals surface area contributed by atoms with Crippen LogP contribution < -0.4 is 5.73 Å². The van der Waals surface area contributed by atoms with Crippen molar-refractivity contribution in [2.75, 3.05) is 25.2 Å². The third-order valence-electron chi connectivity index (χ3n) is 2.22. The third-order valence-corrected chi connectivity index (χ3v) is 3.18. The summed E-state index contributed by atoms with van der Waals surface area (Å²) in [6.45, 7) is 0.792. The van der Waals surface area contributed by atoms with E-state index in [0.717, 1.165) is 40.7 Å². The number of benzene rings is 1. The highest BCUT2D eigenvalue weighted by molar-refractivity contribution is 7.99. The SMILES string of the molecule is COCCCSc1nc2ccc(N)cc2[nH]1. The molecule has 0 atom stereocenters. The number of nitrogens with zero attached hydrogens (tertiary/aromatic N) is 1. The van der Waals surface area contributed by atoms with E-state index in [1.165, 1.54) is 0 Å². The molecule has 1 aromatic heterocycles. The lowest BCUT2D eigenvalue weighted by molar-refractivity contribution is 0.200. The fraction of sp³-hybridized carbons (Fsp3) is 0.364. The van der Waals surface area contributed by atoms with E-state index in [9.17, 15) is 0 Å². The molecule has 0 fully saturated rings. The van der Waals surface area contributed by atoms with Crippen LogP contribution in [-0.4, -0.2) is 29.4 Å². The summed E-state index contributed by atoms with van der Waals surface area (Å²) in [5.74, 6) is 1.00. The first-order valence-corrected chi connectivity index (χ1v) is 6.15. The van der Waals surface area contributed by atoms with Crippen molar-refractivity contribution in [3.8, 4) is 0 Å². The standard InChI is InChI=1S/C11H15N3OS/c1-15-5-2-6-16-11-13-9-4-3-8(12)7-10(9)14-11/h3-4,7H,2,5-6,12H2,1H3,(H,13,14). The van der Waals surface area contributed by atoms with E-state index in [0.29, 0.717) is 0 Å². The van der Waals surface area contributed by atoms with E-state index < -0.39 is 0 Å². The highest BCUT2D eigenvalue weighted by Gasteiger charge is 2.02. The van der Waals surface area contributed by atoms with Gasteiger partial charge in [0.2, 0.25) is 0 Å². The number of hydrogen-bond donors (Lipinski definition) is 2. The molecule has 0 aliphatic rings. The van der Waals surface area contributed by atoms with Crippen molar-refractivity contribution in [1.82, 2.24) is 9.97 Å². The summed E-state index contributed by atoms with van der Waals surface area (Å²) in [7, 11) is 1.72. The quantitative estimate of drug-likeness (QED) is 0.475. The lowest BCUT2D eigenvalue weighted by atomic mass is 10.3. The van der Waals surface area contributed by atoms with Gasteiger partial charge in [-0.1, -0.05) is 11.8 Å². The molecule has 0 unspecified atom stereocenters. The summed E-state index contributed by atoms with van der Waals surface area (Å²) in [5.41, 5.74) is 8.41. The van der Waals surface area contributed by atoms with Gasteiger partial charge in [-0.25, -0.2) is 4.98 Å². The number of imidazole rings is 1. The number of fused-ring (bicyclic) bond motifs is 1. The molecule has 0 saturated carbocycles. The molecular formula is C11H15N3OS. The Labute approximate surface area is 98.6 Å². The summed E-state index contributed by atoms with van der Waals surface area (Å²) in [5, 5.41) is 0.941. The number of rotatable bonds is 5. The number of nitrogens with one attached hydrogen (secondary N) is 1. The zero-order valence-electron chi connectivity index (χ0n) is 9.19. The van der Waals surface area contributed by atoms with Crippen molar-refractivity contribution in [1.29, 1.82) is 0 Å². The van der Waals surface area contributed by atoms with Gasteiger partial charge in [-0.2, -0.15) is 0 Å². The summed E-state index contributed by atoms with van der Waals surface area (Å²) >= 11 is 1.70. The van der Waals surface area contributed by atoms with Crippen molar-refractivity contribution in [3.63, 3.8) is 0 Å². The molecule has 0 radical (unpaired) electrons. The minimum atomic E-state index is 0.757. The predicted octanol–water partition coefficient (Wildman–Crippen LogP) is 2.27. The van der Waals surface area contributed by atoms with E-state index in [2.05, 4.69) is 9.97 Å². The van der Waals surface area contributed by atoms with E-state index in [1.54, 1.807) is 18.9 Å². The van der Waals surface area contributed by atoms with Crippen LogP contribution in [0, 0.1) is 0 Å². The molecule has 4 nitrogen and oxygen atoms in total. The number of ether oxygens (including phenoxy) is 1. The van der Waals surface area contributed by atoms with Crippen LogP contribution in [0.1, 0.15) is 6.42 Å². The molecule has 2 aromatic rings. The van der Waals surface area contributed by atoms with E-state index in [-0.39, 0.29) is 0 Å². The van der Waals surface area contributed by atoms with Crippen LogP contribution in [0.15, 0.2) is 23.4 Å². The molecule has 16 heavy (non-hydrogen) atoms. The number of H-pyrrole nitrogens is 1. The zero-order chi connectivity index (χ0) is 11.4. The van der Waals surface area contributed by atoms with Crippen LogP contribution in [0.2, 0.25) is 0 Å². The van der Waals surface area contributed by atoms with Crippen molar-refractivity contribution in [3.05, 3.63) is 18.2 Å². The number of nitrogens with two attached hydrogens (primary N) is 1. The smallest absolute Gasteiger partial charge is 0.166 e. The maximum absolute atomic E-state index is 5.70. The number of aromatic amines is 1. The number of hydrogen-bond acceptors (Lipinski definition) is 4. The Kier molecular flexibility index (Phi) is 3.69. The molecule has 0 aliphatic heterocycles. The Bertz CT molecular complexity index is 469. The van der Waals surface area contributed by atoms with Crippen LogP contribution in [0.25, 0.3) is 11.0 Å². The van der Waals surface area contributed by atoms with Crippen LogP contribution in [0.3, 0.4) is 0 Å². The Hall–Kier alpha value is -1.20. The number of methoxy groups -OCH3 is 1. The van der Waals surface area contributed by atoms with Crippen LogP contribution in [0.4, 0.5) is 5.69 Å². The van der Waals surface area contributed by atoms with Gasteiger partial charge in [-0.05, 0) is 24.6 Å². The summed E-state index contributed by atoms with van der Waals surface area (Å²) < 4.78 is 4.99. The van der Waals surface area contributed by atoms with Gasteiger partial charge in [0.1, 0.15) is 0 Å². The summed E-state index contributed by atoms with van der Waals surface area (Å²) in [6.07, 6.45) is 1.03. The van der Waals surface area contributed by atoms with Gasteiger partial charge in [-0.15, -0.1) is 0 Å². The number of nitrogen functional groups attached to an aromatic ring is 1. The lowest BCUT2D eigenvalue weighted by Gasteiger charge is -1.96. The second-order valence-electron chi connectivity index (χ2n) is 3.51. The molecule has 0 aliphatic carbocycles. The summed E-state index contributed by atoms with van der Waals surface area (Å²) in [6, 6.07) is 5.70. The molecule has 3 N–H and O–H groups in total. The van der Waals surface area contributed by atoms with Crippen LogP contribution >= 0.6 is 11.8 Å². The Morgan fingerprint density at radius 3 is 3.19 bits per heavy atom. The van der Waals surface area contributed by atoms with Gasteiger partial charge in [-0.3, -0.25) is 0 Å². The predicted molar refractivity (Wildman–Crippen MR) is 67.7 cm³/mol. The lowest BCUT2D eigenvalue weighted by Crippen LogP contribution is -1.90.